The van der Waals surface area contributed by atoms with Crippen LogP contribution < -0.4 is 0 Å². The molecule has 4 heteroatoms. The monoisotopic (exact) mass is 370 g/mol. The van der Waals surface area contributed by atoms with Crippen LogP contribution in [0.1, 0.15) is 37.7 Å². The Morgan fingerprint density at radius 1 is 1.05 bits per heavy atom. The number of nitrogens with zero attached hydrogens (tertiary/aromatic N) is 2. The third kappa shape index (κ3) is 4.22. The summed E-state index contributed by atoms with van der Waals surface area (Å²) in [4.78, 5) is 5.28. The van der Waals surface area contributed by atoms with Crippen molar-refractivity contribution in [1.82, 2.24) is 9.80 Å². The van der Waals surface area contributed by atoms with Crippen LogP contribution >= 0.6 is 27.5 Å². The minimum Gasteiger partial charge on any atom is -0.300 e. The number of piperidine rings is 2. The molecule has 2 aliphatic heterocycles. The molecule has 0 aliphatic carbocycles. The fourth-order valence-corrected chi connectivity index (χ4v) is 4.35. The molecule has 0 amide bonds. The fourth-order valence-electron chi connectivity index (χ4n) is 3.62. The Kier molecular flexibility index (Phi) is 5.60. The van der Waals surface area contributed by atoms with Gasteiger partial charge in [-0.05, 0) is 69.6 Å². The van der Waals surface area contributed by atoms with Crippen molar-refractivity contribution in [3.8, 4) is 0 Å². The standard InChI is InChI=1S/C17H24BrClN2/c18-15-5-4-14(17(19)12-15)13-20-10-6-16(7-11-20)21-8-2-1-3-9-21/h4-5,12,16H,1-3,6-11,13H2. The molecule has 3 rings (SSSR count). The Morgan fingerprint density at radius 3 is 2.43 bits per heavy atom. The van der Waals surface area contributed by atoms with E-state index in [2.05, 4.69) is 37.9 Å². The number of likely N-dealkylation sites (tertiary alicyclic amines) is 2. The van der Waals surface area contributed by atoms with Crippen LogP contribution in [0.25, 0.3) is 0 Å². The maximum Gasteiger partial charge on any atom is 0.0462 e. The summed E-state index contributed by atoms with van der Waals surface area (Å²) in [5.41, 5.74) is 1.25. The Hall–Kier alpha value is -0.0900. The summed E-state index contributed by atoms with van der Waals surface area (Å²) >= 11 is 9.80. The Morgan fingerprint density at radius 2 is 1.76 bits per heavy atom. The molecule has 2 heterocycles. The highest BCUT2D eigenvalue weighted by Gasteiger charge is 2.25. The van der Waals surface area contributed by atoms with Crippen LogP contribution in [-0.2, 0) is 6.54 Å². The van der Waals surface area contributed by atoms with Gasteiger partial charge >= 0.3 is 0 Å². The summed E-state index contributed by atoms with van der Waals surface area (Å²) < 4.78 is 1.06. The number of halogens is 2. The van der Waals surface area contributed by atoms with E-state index < -0.39 is 0 Å². The summed E-state index contributed by atoms with van der Waals surface area (Å²) in [7, 11) is 0. The molecule has 0 unspecified atom stereocenters. The maximum atomic E-state index is 6.33. The highest BCUT2D eigenvalue weighted by molar-refractivity contribution is 9.10. The lowest BCUT2D eigenvalue weighted by molar-refractivity contribution is 0.0896. The van der Waals surface area contributed by atoms with Crippen molar-refractivity contribution < 1.29 is 0 Å². The van der Waals surface area contributed by atoms with Crippen LogP contribution in [0.2, 0.25) is 5.02 Å². The number of rotatable bonds is 3. The zero-order valence-electron chi connectivity index (χ0n) is 12.5. The van der Waals surface area contributed by atoms with Gasteiger partial charge in [0.05, 0.1) is 0 Å². The molecule has 2 saturated heterocycles. The second kappa shape index (κ2) is 7.45. The average molecular weight is 372 g/mol. The van der Waals surface area contributed by atoms with Crippen molar-refractivity contribution >= 4 is 27.5 Å². The molecule has 1 aromatic rings. The smallest absolute Gasteiger partial charge is 0.0462 e. The third-order valence-electron chi connectivity index (χ3n) is 4.87. The average Bonchev–Trinajstić information content (AvgIpc) is 2.52. The molecule has 0 N–H and O–H groups in total. The van der Waals surface area contributed by atoms with E-state index in [0.29, 0.717) is 0 Å². The minimum absolute atomic E-state index is 0.821. The van der Waals surface area contributed by atoms with Gasteiger partial charge in [-0.1, -0.05) is 40.0 Å². The quantitative estimate of drug-likeness (QED) is 0.769. The lowest BCUT2D eigenvalue weighted by Gasteiger charge is -2.40. The third-order valence-corrected chi connectivity index (χ3v) is 5.72. The van der Waals surface area contributed by atoms with Crippen LogP contribution in [0.15, 0.2) is 22.7 Å². The van der Waals surface area contributed by atoms with Gasteiger partial charge in [0.1, 0.15) is 0 Å². The molecule has 116 valence electrons. The van der Waals surface area contributed by atoms with Gasteiger partial charge in [-0.25, -0.2) is 0 Å². The van der Waals surface area contributed by atoms with Gasteiger partial charge in [0.2, 0.25) is 0 Å². The molecule has 0 saturated carbocycles. The first-order valence-corrected chi connectivity index (χ1v) is 9.30. The van der Waals surface area contributed by atoms with Crippen molar-refractivity contribution in [1.29, 1.82) is 0 Å². The van der Waals surface area contributed by atoms with E-state index >= 15 is 0 Å². The number of hydrogen-bond donors (Lipinski definition) is 0. The van der Waals surface area contributed by atoms with Crippen LogP contribution in [0.3, 0.4) is 0 Å². The molecule has 0 atom stereocenters. The summed E-state index contributed by atoms with van der Waals surface area (Å²) in [5.74, 6) is 0. The zero-order chi connectivity index (χ0) is 14.7. The Balaban J connectivity index is 1.51. The summed E-state index contributed by atoms with van der Waals surface area (Å²) in [6, 6.07) is 7.05. The summed E-state index contributed by atoms with van der Waals surface area (Å²) in [6.45, 7) is 6.03. The van der Waals surface area contributed by atoms with E-state index in [4.69, 9.17) is 11.6 Å². The van der Waals surface area contributed by atoms with Crippen molar-refractivity contribution in [2.75, 3.05) is 26.2 Å². The van der Waals surface area contributed by atoms with Crippen molar-refractivity contribution in [3.05, 3.63) is 33.3 Å². The van der Waals surface area contributed by atoms with Crippen LogP contribution in [0, 0.1) is 0 Å². The van der Waals surface area contributed by atoms with E-state index in [1.165, 1.54) is 63.8 Å². The lowest BCUT2D eigenvalue weighted by Crippen LogP contribution is -2.46. The van der Waals surface area contributed by atoms with Gasteiger partial charge in [-0.2, -0.15) is 0 Å². The Labute approximate surface area is 141 Å². The van der Waals surface area contributed by atoms with Crippen LogP contribution in [-0.4, -0.2) is 42.0 Å². The van der Waals surface area contributed by atoms with Crippen molar-refractivity contribution in [2.24, 2.45) is 0 Å². The normalized spacial score (nSPS) is 22.6. The molecule has 0 aromatic heterocycles. The SMILES string of the molecule is Clc1cc(Br)ccc1CN1CCC(N2CCCCC2)CC1. The highest BCUT2D eigenvalue weighted by atomic mass is 79.9. The second-order valence-electron chi connectivity index (χ2n) is 6.34. The van der Waals surface area contributed by atoms with Gasteiger partial charge in [0.15, 0.2) is 0 Å². The largest absolute Gasteiger partial charge is 0.300 e. The van der Waals surface area contributed by atoms with E-state index in [1.807, 2.05) is 6.07 Å². The van der Waals surface area contributed by atoms with Gasteiger partial charge in [-0.15, -0.1) is 0 Å². The molecule has 0 radical (unpaired) electrons. The Bertz CT molecular complexity index is 466. The topological polar surface area (TPSA) is 6.48 Å². The molecule has 2 nitrogen and oxygen atoms in total. The lowest BCUT2D eigenvalue weighted by atomic mass is 9.99. The predicted molar refractivity (Wildman–Crippen MR) is 92.9 cm³/mol. The fraction of sp³-hybridized carbons (Fsp3) is 0.647. The van der Waals surface area contributed by atoms with Crippen molar-refractivity contribution in [2.45, 2.75) is 44.7 Å². The van der Waals surface area contributed by atoms with Gasteiger partial charge in [-0.3, -0.25) is 4.90 Å². The van der Waals surface area contributed by atoms with Crippen LogP contribution in [0.4, 0.5) is 0 Å². The van der Waals surface area contributed by atoms with E-state index in [-0.39, 0.29) is 0 Å². The summed E-state index contributed by atoms with van der Waals surface area (Å²) in [5, 5.41) is 0.877. The minimum atomic E-state index is 0.821. The van der Waals surface area contributed by atoms with E-state index in [1.54, 1.807) is 0 Å². The highest BCUT2D eigenvalue weighted by Crippen LogP contribution is 2.25. The first-order chi connectivity index (χ1) is 10.2. The molecular weight excluding hydrogens is 348 g/mol. The molecular formula is C17H24BrClN2. The van der Waals surface area contributed by atoms with E-state index in [9.17, 15) is 0 Å². The first-order valence-electron chi connectivity index (χ1n) is 8.13. The molecule has 0 spiro atoms. The van der Waals surface area contributed by atoms with Gasteiger partial charge in [0.25, 0.3) is 0 Å². The second-order valence-corrected chi connectivity index (χ2v) is 7.66. The van der Waals surface area contributed by atoms with E-state index in [0.717, 1.165) is 22.1 Å². The molecule has 1 aromatic carbocycles. The molecule has 0 bridgehead atoms. The van der Waals surface area contributed by atoms with Gasteiger partial charge in [0, 0.05) is 22.1 Å². The molecule has 2 aliphatic rings. The predicted octanol–water partition coefficient (Wildman–Crippen LogP) is 4.55. The van der Waals surface area contributed by atoms with Crippen LogP contribution in [0.5, 0.6) is 0 Å². The number of hydrogen-bond acceptors (Lipinski definition) is 2. The number of benzene rings is 1. The molecule has 21 heavy (non-hydrogen) atoms. The van der Waals surface area contributed by atoms with Crippen molar-refractivity contribution in [3.63, 3.8) is 0 Å². The zero-order valence-corrected chi connectivity index (χ0v) is 14.9. The summed E-state index contributed by atoms with van der Waals surface area (Å²) in [6.07, 6.45) is 6.85. The maximum absolute atomic E-state index is 6.33. The van der Waals surface area contributed by atoms with Gasteiger partial charge < -0.3 is 4.90 Å². The molecule has 2 fully saturated rings. The first kappa shape index (κ1) is 15.8.